The van der Waals surface area contributed by atoms with Crippen LogP contribution in [-0.2, 0) is 18.3 Å². The Labute approximate surface area is 92.1 Å². The van der Waals surface area contributed by atoms with Crippen LogP contribution in [0.25, 0.3) is 0 Å². The van der Waals surface area contributed by atoms with E-state index in [2.05, 4.69) is 0 Å². The molecule has 0 atom stereocenters. The number of hydrogen-bond acceptors (Lipinski definition) is 4. The van der Waals surface area contributed by atoms with Gasteiger partial charge in [0.2, 0.25) is 0 Å². The molecule has 0 spiro atoms. The van der Waals surface area contributed by atoms with Crippen molar-refractivity contribution >= 4 is 7.60 Å². The van der Waals surface area contributed by atoms with Crippen LogP contribution in [0.2, 0.25) is 0 Å². The van der Waals surface area contributed by atoms with Gasteiger partial charge in [-0.05, 0) is 33.3 Å². The van der Waals surface area contributed by atoms with Crippen molar-refractivity contribution in [2.24, 2.45) is 0 Å². The van der Waals surface area contributed by atoms with Crippen LogP contribution in [0.5, 0.6) is 0 Å². The normalized spacial score (nSPS) is 12.2. The molecule has 0 saturated carbocycles. The van der Waals surface area contributed by atoms with Gasteiger partial charge in [-0.2, -0.15) is 0 Å². The van der Waals surface area contributed by atoms with Gasteiger partial charge in [0.15, 0.2) is 0 Å². The van der Waals surface area contributed by atoms with Crippen molar-refractivity contribution in [3.63, 3.8) is 0 Å². The van der Waals surface area contributed by atoms with E-state index in [0.717, 1.165) is 0 Å². The fourth-order valence-corrected chi connectivity index (χ4v) is 2.61. The van der Waals surface area contributed by atoms with E-state index in [-0.39, 0.29) is 0 Å². The third-order valence-electron chi connectivity index (χ3n) is 1.58. The molecule has 0 bridgehead atoms. The van der Waals surface area contributed by atoms with Gasteiger partial charge in [0.25, 0.3) is 0 Å². The van der Waals surface area contributed by atoms with Gasteiger partial charge < -0.3 is 13.8 Å². The third kappa shape index (κ3) is 7.60. The van der Waals surface area contributed by atoms with Crippen molar-refractivity contribution in [1.29, 1.82) is 0 Å². The first-order chi connectivity index (χ1) is 7.18. The Morgan fingerprint density at radius 2 is 1.67 bits per heavy atom. The SMILES string of the molecule is CCOC=CCCP(=O)(OCC)OCC. The number of rotatable bonds is 9. The summed E-state index contributed by atoms with van der Waals surface area (Å²) in [6, 6.07) is 0. The van der Waals surface area contributed by atoms with Crippen LogP contribution >= 0.6 is 7.60 Å². The van der Waals surface area contributed by atoms with E-state index in [1.165, 1.54) is 0 Å². The highest BCUT2D eigenvalue weighted by Gasteiger charge is 2.21. The number of allylic oxidation sites excluding steroid dienone is 1. The quantitative estimate of drug-likeness (QED) is 0.455. The Hall–Kier alpha value is -0.310. The molecule has 0 amide bonds. The summed E-state index contributed by atoms with van der Waals surface area (Å²) < 4.78 is 27.2. The van der Waals surface area contributed by atoms with E-state index in [9.17, 15) is 4.57 Å². The van der Waals surface area contributed by atoms with E-state index in [1.807, 2.05) is 26.8 Å². The zero-order chi connectivity index (χ0) is 11.6. The first-order valence-corrected chi connectivity index (χ1v) is 7.06. The van der Waals surface area contributed by atoms with Gasteiger partial charge in [-0.15, -0.1) is 0 Å². The van der Waals surface area contributed by atoms with Gasteiger partial charge >= 0.3 is 7.60 Å². The molecule has 15 heavy (non-hydrogen) atoms. The average Bonchev–Trinajstić information content (AvgIpc) is 2.18. The molecular formula is C10H21O4P. The molecule has 0 aliphatic heterocycles. The summed E-state index contributed by atoms with van der Waals surface area (Å²) in [6.45, 7) is 6.99. The first kappa shape index (κ1) is 14.7. The average molecular weight is 236 g/mol. The highest BCUT2D eigenvalue weighted by Crippen LogP contribution is 2.48. The van der Waals surface area contributed by atoms with E-state index in [4.69, 9.17) is 13.8 Å². The molecule has 5 heteroatoms. The van der Waals surface area contributed by atoms with Crippen LogP contribution in [0.3, 0.4) is 0 Å². The number of ether oxygens (including phenoxy) is 1. The smallest absolute Gasteiger partial charge is 0.330 e. The highest BCUT2D eigenvalue weighted by atomic mass is 31.2. The summed E-state index contributed by atoms with van der Waals surface area (Å²) in [6.07, 6.45) is 4.48. The summed E-state index contributed by atoms with van der Waals surface area (Å²) in [5.74, 6) is 0. The van der Waals surface area contributed by atoms with Gasteiger partial charge in [0.05, 0.1) is 32.2 Å². The lowest BCUT2D eigenvalue weighted by molar-refractivity contribution is 0.220. The molecule has 0 fully saturated rings. The van der Waals surface area contributed by atoms with Crippen molar-refractivity contribution < 1.29 is 18.3 Å². The molecule has 0 aromatic heterocycles. The lowest BCUT2D eigenvalue weighted by Crippen LogP contribution is -1.99. The number of hydrogen-bond donors (Lipinski definition) is 0. The molecule has 90 valence electrons. The molecule has 0 aliphatic carbocycles. The molecule has 0 aliphatic rings. The predicted molar refractivity (Wildman–Crippen MR) is 61.1 cm³/mol. The lowest BCUT2D eigenvalue weighted by Gasteiger charge is -2.15. The lowest BCUT2D eigenvalue weighted by atomic mass is 10.5. The van der Waals surface area contributed by atoms with Crippen molar-refractivity contribution in [2.45, 2.75) is 27.2 Å². The second-order valence-electron chi connectivity index (χ2n) is 2.79. The van der Waals surface area contributed by atoms with Crippen molar-refractivity contribution in [3.8, 4) is 0 Å². The minimum atomic E-state index is -2.87. The maximum Gasteiger partial charge on any atom is 0.330 e. The fourth-order valence-electron chi connectivity index (χ4n) is 1.02. The van der Waals surface area contributed by atoms with Crippen molar-refractivity contribution in [3.05, 3.63) is 12.3 Å². The molecule has 4 nitrogen and oxygen atoms in total. The Bertz CT molecular complexity index is 205. The van der Waals surface area contributed by atoms with Gasteiger partial charge in [-0.3, -0.25) is 4.57 Å². The Morgan fingerprint density at radius 3 is 2.13 bits per heavy atom. The van der Waals surface area contributed by atoms with E-state index in [1.54, 1.807) is 6.26 Å². The molecule has 0 saturated heterocycles. The Balaban J connectivity index is 3.90. The predicted octanol–water partition coefficient (Wildman–Crippen LogP) is 3.19. The summed E-state index contributed by atoms with van der Waals surface area (Å²) >= 11 is 0. The van der Waals surface area contributed by atoms with Crippen LogP contribution in [-0.4, -0.2) is 26.0 Å². The largest absolute Gasteiger partial charge is 0.502 e. The highest BCUT2D eigenvalue weighted by molar-refractivity contribution is 7.53. The molecule has 0 aromatic carbocycles. The standard InChI is InChI=1S/C10H21O4P/c1-4-12-9-7-8-10-15(11,13-5-2)14-6-3/h7,9H,4-6,8,10H2,1-3H3. The second kappa shape index (κ2) is 8.96. The summed E-state index contributed by atoms with van der Waals surface area (Å²) in [4.78, 5) is 0. The maximum atomic E-state index is 11.9. The minimum Gasteiger partial charge on any atom is -0.502 e. The summed E-state index contributed by atoms with van der Waals surface area (Å²) in [5.41, 5.74) is 0. The van der Waals surface area contributed by atoms with Gasteiger partial charge in [0, 0.05) is 0 Å². The Kier molecular flexibility index (Phi) is 8.77. The first-order valence-electron chi connectivity index (χ1n) is 5.33. The monoisotopic (exact) mass is 236 g/mol. The van der Waals surface area contributed by atoms with Crippen LogP contribution in [0, 0.1) is 0 Å². The molecular weight excluding hydrogens is 215 g/mol. The van der Waals surface area contributed by atoms with Crippen molar-refractivity contribution in [2.75, 3.05) is 26.0 Å². The van der Waals surface area contributed by atoms with Crippen LogP contribution in [0.1, 0.15) is 27.2 Å². The van der Waals surface area contributed by atoms with Crippen LogP contribution in [0.15, 0.2) is 12.3 Å². The minimum absolute atomic E-state index is 0.401. The van der Waals surface area contributed by atoms with Gasteiger partial charge in [-0.25, -0.2) is 0 Å². The van der Waals surface area contributed by atoms with E-state index >= 15 is 0 Å². The fraction of sp³-hybridized carbons (Fsp3) is 0.800. The molecule has 0 rings (SSSR count). The molecule has 0 heterocycles. The zero-order valence-electron chi connectivity index (χ0n) is 9.77. The zero-order valence-corrected chi connectivity index (χ0v) is 10.7. The van der Waals surface area contributed by atoms with Gasteiger partial charge in [0.1, 0.15) is 0 Å². The van der Waals surface area contributed by atoms with Gasteiger partial charge in [-0.1, -0.05) is 0 Å². The van der Waals surface area contributed by atoms with E-state index < -0.39 is 7.60 Å². The van der Waals surface area contributed by atoms with Crippen LogP contribution < -0.4 is 0 Å². The topological polar surface area (TPSA) is 44.8 Å². The summed E-state index contributed by atoms with van der Waals surface area (Å²) in [5, 5.41) is 0. The van der Waals surface area contributed by atoms with E-state index in [0.29, 0.717) is 32.4 Å². The molecule has 0 N–H and O–H groups in total. The second-order valence-corrected chi connectivity index (χ2v) is 4.97. The molecule has 0 radical (unpaired) electrons. The van der Waals surface area contributed by atoms with Crippen LogP contribution in [0.4, 0.5) is 0 Å². The summed E-state index contributed by atoms with van der Waals surface area (Å²) in [7, 11) is -2.87. The maximum absolute atomic E-state index is 11.9. The molecule has 0 aromatic rings. The molecule has 0 unspecified atom stereocenters. The third-order valence-corrected chi connectivity index (χ3v) is 3.69. The van der Waals surface area contributed by atoms with Crippen molar-refractivity contribution in [1.82, 2.24) is 0 Å². The Morgan fingerprint density at radius 1 is 1.07 bits per heavy atom.